The minimum Gasteiger partial charge on any atom is -0.200 e. The molecule has 0 radical (unpaired) electrons. The minimum atomic E-state index is 0.838. The van der Waals surface area contributed by atoms with Crippen molar-refractivity contribution in [1.29, 1.82) is 0 Å². The summed E-state index contributed by atoms with van der Waals surface area (Å²) in [7, 11) is 0. The summed E-state index contributed by atoms with van der Waals surface area (Å²) in [6.45, 7) is 8.03. The highest BCUT2D eigenvalue weighted by atomic mass is 15.3. The van der Waals surface area contributed by atoms with Crippen LogP contribution in [0.2, 0.25) is 0 Å². The van der Waals surface area contributed by atoms with Gasteiger partial charge >= 0.3 is 0 Å². The van der Waals surface area contributed by atoms with Gasteiger partial charge in [-0.3, -0.25) is 0 Å². The van der Waals surface area contributed by atoms with Gasteiger partial charge < -0.3 is 0 Å². The smallest absolute Gasteiger partial charge is 0.180 e. The van der Waals surface area contributed by atoms with Crippen LogP contribution in [0.5, 0.6) is 0 Å². The highest BCUT2D eigenvalue weighted by molar-refractivity contribution is 5.47. The van der Waals surface area contributed by atoms with Gasteiger partial charge in [0, 0.05) is 5.56 Å². The zero-order valence-corrected chi connectivity index (χ0v) is 8.44. The molecule has 0 fully saturated rings. The Hall–Kier alpha value is -1.45. The number of rotatable bonds is 0. The molecule has 2 aromatic rings. The van der Waals surface area contributed by atoms with Gasteiger partial charge in [0.25, 0.3) is 0 Å². The summed E-state index contributed by atoms with van der Waals surface area (Å²) in [5.41, 5.74) is 3.12. The van der Waals surface area contributed by atoms with Crippen LogP contribution >= 0.6 is 0 Å². The maximum Gasteiger partial charge on any atom is 0.180 e. The maximum atomic E-state index is 4.09. The van der Waals surface area contributed by atoms with Gasteiger partial charge in [0.1, 0.15) is 6.33 Å². The molecule has 2 rings (SSSR count). The van der Waals surface area contributed by atoms with Gasteiger partial charge in [0.15, 0.2) is 5.65 Å². The largest absolute Gasteiger partial charge is 0.200 e. The van der Waals surface area contributed by atoms with Crippen molar-refractivity contribution >= 4 is 5.65 Å². The zero-order valence-electron chi connectivity index (χ0n) is 8.44. The molecule has 0 amide bonds. The third-order valence-electron chi connectivity index (χ3n) is 1.83. The first kappa shape index (κ1) is 9.64. The first-order valence-electron chi connectivity index (χ1n) is 4.41. The Morgan fingerprint density at radius 2 is 1.92 bits per heavy atom. The fraction of sp³-hybridized carbons (Fsp3) is 0.444. The first-order chi connectivity index (χ1) is 6.29. The maximum absolute atomic E-state index is 4.09. The van der Waals surface area contributed by atoms with Crippen molar-refractivity contribution in [2.45, 2.75) is 27.7 Å². The van der Waals surface area contributed by atoms with Crippen molar-refractivity contribution in [3.63, 3.8) is 0 Å². The van der Waals surface area contributed by atoms with Gasteiger partial charge in [-0.1, -0.05) is 13.8 Å². The monoisotopic (exact) mass is 178 g/mol. The molecule has 0 aliphatic carbocycles. The van der Waals surface area contributed by atoms with E-state index in [9.17, 15) is 0 Å². The van der Waals surface area contributed by atoms with Crippen LogP contribution in [0.25, 0.3) is 5.65 Å². The molecule has 0 aliphatic heterocycles. The number of aromatic nitrogens is 4. The molecule has 0 aliphatic rings. The molecule has 0 atom stereocenters. The van der Waals surface area contributed by atoms with Crippen LogP contribution in [0.3, 0.4) is 0 Å². The van der Waals surface area contributed by atoms with Gasteiger partial charge in [0.2, 0.25) is 0 Å². The summed E-state index contributed by atoms with van der Waals surface area (Å²) in [4.78, 5) is 0. The van der Waals surface area contributed by atoms with Crippen molar-refractivity contribution in [1.82, 2.24) is 19.8 Å². The summed E-state index contributed by atoms with van der Waals surface area (Å²) in [6, 6.07) is 0. The molecule has 0 saturated carbocycles. The topological polar surface area (TPSA) is 43.1 Å². The lowest BCUT2D eigenvalue weighted by Crippen LogP contribution is -1.94. The Morgan fingerprint density at radius 1 is 1.23 bits per heavy atom. The molecule has 0 bridgehead atoms. The molecule has 0 N–H and O–H groups in total. The predicted molar refractivity (Wildman–Crippen MR) is 51.6 cm³/mol. The second kappa shape index (κ2) is 3.98. The van der Waals surface area contributed by atoms with E-state index in [-0.39, 0.29) is 0 Å². The second-order valence-electron chi connectivity index (χ2n) is 2.55. The van der Waals surface area contributed by atoms with Gasteiger partial charge in [-0.2, -0.15) is 5.10 Å². The molecule has 0 unspecified atom stereocenters. The summed E-state index contributed by atoms with van der Waals surface area (Å²) in [5.74, 6) is 0. The van der Waals surface area contributed by atoms with Gasteiger partial charge in [-0.15, -0.1) is 10.2 Å². The highest BCUT2D eigenvalue weighted by Crippen LogP contribution is 2.08. The Bertz CT molecular complexity index is 391. The van der Waals surface area contributed by atoms with Gasteiger partial charge in [-0.05, 0) is 19.4 Å². The van der Waals surface area contributed by atoms with Crippen molar-refractivity contribution in [2.75, 3.05) is 0 Å². The fourth-order valence-corrected chi connectivity index (χ4v) is 0.983. The van der Waals surface area contributed by atoms with Crippen molar-refractivity contribution in [2.24, 2.45) is 0 Å². The second-order valence-corrected chi connectivity index (χ2v) is 2.55. The number of aryl methyl sites for hydroxylation is 2. The Morgan fingerprint density at radius 3 is 2.62 bits per heavy atom. The van der Waals surface area contributed by atoms with Crippen molar-refractivity contribution in [3.05, 3.63) is 23.7 Å². The minimum absolute atomic E-state index is 0.838. The molecule has 2 aromatic heterocycles. The van der Waals surface area contributed by atoms with E-state index in [1.165, 1.54) is 0 Å². The van der Waals surface area contributed by atoms with Crippen molar-refractivity contribution < 1.29 is 0 Å². The van der Waals surface area contributed by atoms with E-state index in [0.717, 1.165) is 16.8 Å². The molecule has 13 heavy (non-hydrogen) atoms. The Labute approximate surface area is 77.6 Å². The first-order valence-corrected chi connectivity index (χ1v) is 4.41. The van der Waals surface area contributed by atoms with Gasteiger partial charge in [-0.25, -0.2) is 4.52 Å². The van der Waals surface area contributed by atoms with Crippen LogP contribution in [0.1, 0.15) is 25.0 Å². The summed E-state index contributed by atoms with van der Waals surface area (Å²) in [6.07, 6.45) is 3.41. The molecule has 4 nitrogen and oxygen atoms in total. The average Bonchev–Trinajstić information content (AvgIpc) is 2.63. The zero-order chi connectivity index (χ0) is 9.84. The lowest BCUT2D eigenvalue weighted by atomic mass is 10.2. The van der Waals surface area contributed by atoms with Crippen LogP contribution in [0, 0.1) is 13.8 Å². The SMILES string of the molecule is CC.Cc1cnn2cnnc2c1C. The molecule has 0 aromatic carbocycles. The molecular formula is C9H14N4. The quantitative estimate of drug-likeness (QED) is 0.617. The number of nitrogens with zero attached hydrogens (tertiary/aromatic N) is 4. The van der Waals surface area contributed by atoms with E-state index in [0.29, 0.717) is 0 Å². The average molecular weight is 178 g/mol. The van der Waals surface area contributed by atoms with E-state index in [1.54, 1.807) is 10.8 Å². The van der Waals surface area contributed by atoms with E-state index in [1.807, 2.05) is 33.9 Å². The normalized spacial score (nSPS) is 9.54. The molecule has 4 heteroatoms. The van der Waals surface area contributed by atoms with Crippen LogP contribution in [0.15, 0.2) is 12.5 Å². The number of hydrogen-bond donors (Lipinski definition) is 0. The Balaban J connectivity index is 0.000000396. The number of hydrogen-bond acceptors (Lipinski definition) is 3. The molecular weight excluding hydrogens is 164 g/mol. The fourth-order valence-electron chi connectivity index (χ4n) is 0.983. The summed E-state index contributed by atoms with van der Waals surface area (Å²) >= 11 is 0. The third-order valence-corrected chi connectivity index (χ3v) is 1.83. The standard InChI is InChI=1S/C7H8N4.C2H6/c1-5-3-9-11-4-8-10-7(11)6(5)2;1-2/h3-4H,1-2H3;1-2H3. The Kier molecular flexibility index (Phi) is 2.95. The predicted octanol–water partition coefficient (Wildman–Crippen LogP) is 1.77. The lowest BCUT2D eigenvalue weighted by Gasteiger charge is -1.97. The summed E-state index contributed by atoms with van der Waals surface area (Å²) in [5, 5.41) is 11.8. The molecule has 0 saturated heterocycles. The third kappa shape index (κ3) is 1.66. The number of fused-ring (bicyclic) bond motifs is 1. The highest BCUT2D eigenvalue weighted by Gasteiger charge is 2.01. The van der Waals surface area contributed by atoms with Crippen LogP contribution in [-0.4, -0.2) is 19.8 Å². The van der Waals surface area contributed by atoms with Crippen LogP contribution in [-0.2, 0) is 0 Å². The summed E-state index contributed by atoms with van der Waals surface area (Å²) < 4.78 is 1.67. The van der Waals surface area contributed by atoms with E-state index in [2.05, 4.69) is 15.3 Å². The van der Waals surface area contributed by atoms with E-state index < -0.39 is 0 Å². The molecule has 0 spiro atoms. The van der Waals surface area contributed by atoms with E-state index >= 15 is 0 Å². The molecule has 2 heterocycles. The van der Waals surface area contributed by atoms with Gasteiger partial charge in [0.05, 0.1) is 6.20 Å². The van der Waals surface area contributed by atoms with E-state index in [4.69, 9.17) is 0 Å². The lowest BCUT2D eigenvalue weighted by molar-refractivity contribution is 0.910. The molecule has 70 valence electrons. The van der Waals surface area contributed by atoms with Crippen LogP contribution in [0.4, 0.5) is 0 Å². The van der Waals surface area contributed by atoms with Crippen LogP contribution < -0.4 is 0 Å². The van der Waals surface area contributed by atoms with Crippen molar-refractivity contribution in [3.8, 4) is 0 Å².